The van der Waals surface area contributed by atoms with Gasteiger partial charge in [0.05, 0.1) is 24.8 Å². The van der Waals surface area contributed by atoms with Gasteiger partial charge >= 0.3 is 0 Å². The molecule has 3 aromatic rings. The first-order valence-corrected chi connectivity index (χ1v) is 14.9. The number of sulfonamides is 1. The summed E-state index contributed by atoms with van der Waals surface area (Å²) in [6.07, 6.45) is 0.745. The molecule has 0 saturated carbocycles. The fourth-order valence-electron chi connectivity index (χ4n) is 4.49. The Bertz CT molecular complexity index is 1440. The third-order valence-electron chi connectivity index (χ3n) is 6.63. The largest absolute Gasteiger partial charge is 0.493 e. The number of rotatable bonds is 13. The molecule has 3 rings (SSSR count). The Morgan fingerprint density at radius 1 is 0.902 bits per heavy atom. The van der Waals surface area contributed by atoms with Gasteiger partial charge in [0.25, 0.3) is 10.0 Å². The zero-order chi connectivity index (χ0) is 30.2. The quantitative estimate of drug-likeness (QED) is 0.320. The topological polar surface area (TPSA) is 105 Å². The van der Waals surface area contributed by atoms with Gasteiger partial charge in [-0.25, -0.2) is 8.42 Å². The van der Waals surface area contributed by atoms with Crippen LogP contribution in [0.2, 0.25) is 0 Å². The van der Waals surface area contributed by atoms with Crippen molar-refractivity contribution >= 4 is 27.5 Å². The zero-order valence-corrected chi connectivity index (χ0v) is 25.3. The molecule has 0 aromatic heterocycles. The monoisotopic (exact) mass is 581 g/mol. The van der Waals surface area contributed by atoms with E-state index >= 15 is 0 Å². The third-order valence-corrected chi connectivity index (χ3v) is 8.40. The predicted octanol–water partition coefficient (Wildman–Crippen LogP) is 4.46. The lowest BCUT2D eigenvalue weighted by Crippen LogP contribution is -2.51. The minimum Gasteiger partial charge on any atom is -0.493 e. The van der Waals surface area contributed by atoms with E-state index in [1.54, 1.807) is 19.1 Å². The number of nitrogens with zero attached hydrogens (tertiary/aromatic N) is 2. The molecule has 0 saturated heterocycles. The van der Waals surface area contributed by atoms with Crippen molar-refractivity contribution in [1.29, 1.82) is 0 Å². The summed E-state index contributed by atoms with van der Waals surface area (Å²) in [5, 5.41) is 2.84. The van der Waals surface area contributed by atoms with E-state index in [0.717, 1.165) is 27.4 Å². The maximum Gasteiger partial charge on any atom is 0.264 e. The van der Waals surface area contributed by atoms with Crippen LogP contribution in [-0.2, 0) is 26.2 Å². The Morgan fingerprint density at radius 2 is 1.54 bits per heavy atom. The molecule has 0 aliphatic rings. The smallest absolute Gasteiger partial charge is 0.264 e. The fourth-order valence-corrected chi connectivity index (χ4v) is 5.90. The van der Waals surface area contributed by atoms with Crippen LogP contribution in [-0.4, -0.2) is 58.5 Å². The summed E-state index contributed by atoms with van der Waals surface area (Å²) >= 11 is 0. The van der Waals surface area contributed by atoms with Crippen molar-refractivity contribution in [3.05, 3.63) is 83.4 Å². The van der Waals surface area contributed by atoms with Gasteiger partial charge in [0.2, 0.25) is 11.8 Å². The van der Waals surface area contributed by atoms with Gasteiger partial charge in [-0.15, -0.1) is 0 Å². The van der Waals surface area contributed by atoms with Crippen molar-refractivity contribution in [1.82, 2.24) is 10.2 Å². The number of hydrogen-bond donors (Lipinski definition) is 1. The van der Waals surface area contributed by atoms with Crippen LogP contribution < -0.4 is 19.1 Å². The number of amides is 2. The Morgan fingerprint density at radius 3 is 2.12 bits per heavy atom. The lowest BCUT2D eigenvalue weighted by atomic mass is 10.1. The molecule has 0 radical (unpaired) electrons. The summed E-state index contributed by atoms with van der Waals surface area (Å²) in [4.78, 5) is 28.3. The second-order valence-corrected chi connectivity index (χ2v) is 11.7. The molecule has 1 N–H and O–H groups in total. The molecule has 0 fully saturated rings. The molecule has 41 heavy (non-hydrogen) atoms. The number of nitrogens with one attached hydrogen (secondary N) is 1. The Hall–Kier alpha value is -4.05. The first-order valence-electron chi connectivity index (χ1n) is 13.5. The lowest BCUT2D eigenvalue weighted by molar-refractivity contribution is -0.139. The van der Waals surface area contributed by atoms with Gasteiger partial charge < -0.3 is 19.7 Å². The third kappa shape index (κ3) is 7.79. The number of carbonyl (C=O) groups is 2. The van der Waals surface area contributed by atoms with Gasteiger partial charge in [-0.05, 0) is 68.1 Å². The first-order chi connectivity index (χ1) is 19.5. The molecule has 9 nitrogen and oxygen atoms in total. The first kappa shape index (κ1) is 31.5. The molecule has 0 spiro atoms. The summed E-state index contributed by atoms with van der Waals surface area (Å²) in [6, 6.07) is 18.1. The number of hydrogen-bond acceptors (Lipinski definition) is 6. The fraction of sp³-hybridized carbons (Fsp3) is 0.355. The SMILES string of the molecule is CCCNC(=O)[C@H](C)N(Cc1ccccc1)C(=O)CN(c1cc(C)cc(C)c1)S(=O)(=O)c1ccc(OC)c(OC)c1. The van der Waals surface area contributed by atoms with Crippen LogP contribution in [0.1, 0.15) is 37.0 Å². The number of benzene rings is 3. The molecule has 3 aromatic carbocycles. The number of methoxy groups -OCH3 is 2. The molecule has 2 amide bonds. The minimum atomic E-state index is -4.26. The molecular formula is C31H39N3O6S. The van der Waals surface area contributed by atoms with E-state index in [-0.39, 0.29) is 23.1 Å². The summed E-state index contributed by atoms with van der Waals surface area (Å²) in [6.45, 7) is 7.41. The lowest BCUT2D eigenvalue weighted by Gasteiger charge is -2.32. The van der Waals surface area contributed by atoms with Gasteiger partial charge in [-0.3, -0.25) is 13.9 Å². The highest BCUT2D eigenvalue weighted by molar-refractivity contribution is 7.92. The van der Waals surface area contributed by atoms with Crippen molar-refractivity contribution in [3.8, 4) is 11.5 Å². The van der Waals surface area contributed by atoms with Gasteiger partial charge in [-0.2, -0.15) is 0 Å². The van der Waals surface area contributed by atoms with E-state index in [4.69, 9.17) is 9.47 Å². The van der Waals surface area contributed by atoms with Crippen LogP contribution in [0.3, 0.4) is 0 Å². The van der Waals surface area contributed by atoms with Gasteiger partial charge in [0.15, 0.2) is 11.5 Å². The maximum atomic E-state index is 14.2. The summed E-state index contributed by atoms with van der Waals surface area (Å²) in [5.41, 5.74) is 2.84. The summed E-state index contributed by atoms with van der Waals surface area (Å²) in [5.74, 6) is -0.207. The minimum absolute atomic E-state index is 0.0644. The number of ether oxygens (including phenoxy) is 2. The van der Waals surface area contributed by atoms with E-state index in [9.17, 15) is 18.0 Å². The second kappa shape index (κ2) is 14.0. The molecule has 1 atom stereocenters. The highest BCUT2D eigenvalue weighted by Crippen LogP contribution is 2.33. The average Bonchev–Trinajstić information content (AvgIpc) is 2.96. The van der Waals surface area contributed by atoms with Crippen LogP contribution in [0, 0.1) is 13.8 Å². The Kier molecular flexibility index (Phi) is 10.8. The van der Waals surface area contributed by atoms with Crippen molar-refractivity contribution in [2.45, 2.75) is 51.6 Å². The molecule has 0 unspecified atom stereocenters. The zero-order valence-electron chi connectivity index (χ0n) is 24.5. The van der Waals surface area contributed by atoms with Gasteiger partial charge in [-0.1, -0.05) is 43.3 Å². The second-order valence-electron chi connectivity index (χ2n) is 9.85. The molecule has 0 bridgehead atoms. The molecular weight excluding hydrogens is 542 g/mol. The van der Waals surface area contributed by atoms with Crippen LogP contribution >= 0.6 is 0 Å². The van der Waals surface area contributed by atoms with E-state index in [0.29, 0.717) is 18.0 Å². The van der Waals surface area contributed by atoms with E-state index in [2.05, 4.69) is 5.32 Å². The highest BCUT2D eigenvalue weighted by atomic mass is 32.2. The van der Waals surface area contributed by atoms with Crippen LogP contribution in [0.4, 0.5) is 5.69 Å². The van der Waals surface area contributed by atoms with Crippen LogP contribution in [0.25, 0.3) is 0 Å². The average molecular weight is 582 g/mol. The Balaban J connectivity index is 2.09. The van der Waals surface area contributed by atoms with Gasteiger partial charge in [0.1, 0.15) is 12.6 Å². The summed E-state index contributed by atoms with van der Waals surface area (Å²) < 4.78 is 40.0. The standard InChI is InChI=1S/C31H39N3O6S/c1-7-15-32-31(36)24(4)33(20-25-11-9-8-10-12-25)30(35)21-34(26-17-22(2)16-23(3)18-26)41(37,38)27-13-14-28(39-5)29(19-27)40-6/h8-14,16-19,24H,7,15,20-21H2,1-6H3,(H,32,36)/t24-/m0/s1. The molecule has 0 aliphatic heterocycles. The molecule has 0 heterocycles. The van der Waals surface area contributed by atoms with Crippen molar-refractivity contribution in [3.63, 3.8) is 0 Å². The van der Waals surface area contributed by atoms with Crippen molar-refractivity contribution in [2.75, 3.05) is 31.6 Å². The Labute approximate surface area is 243 Å². The van der Waals surface area contributed by atoms with E-state index in [1.165, 1.54) is 37.3 Å². The van der Waals surface area contributed by atoms with Crippen molar-refractivity contribution < 1.29 is 27.5 Å². The number of aryl methyl sites for hydroxylation is 2. The normalized spacial score (nSPS) is 11.9. The predicted molar refractivity (Wildman–Crippen MR) is 160 cm³/mol. The van der Waals surface area contributed by atoms with Crippen molar-refractivity contribution in [2.24, 2.45) is 0 Å². The summed E-state index contributed by atoms with van der Waals surface area (Å²) in [7, 11) is -1.37. The van der Waals surface area contributed by atoms with E-state index < -0.39 is 28.5 Å². The number of carbonyl (C=O) groups excluding carboxylic acids is 2. The van der Waals surface area contributed by atoms with Crippen LogP contribution in [0.5, 0.6) is 11.5 Å². The van der Waals surface area contributed by atoms with Crippen LogP contribution in [0.15, 0.2) is 71.6 Å². The molecule has 10 heteroatoms. The number of anilines is 1. The molecule has 220 valence electrons. The highest BCUT2D eigenvalue weighted by Gasteiger charge is 2.33. The maximum absolute atomic E-state index is 14.2. The van der Waals surface area contributed by atoms with Gasteiger partial charge in [0, 0.05) is 19.2 Å². The molecule has 0 aliphatic carbocycles. The van der Waals surface area contributed by atoms with E-state index in [1.807, 2.05) is 57.2 Å².